The average Bonchev–Trinajstić information content (AvgIpc) is 2.41. The molecule has 1 amide bonds. The van der Waals surface area contributed by atoms with Gasteiger partial charge in [-0.3, -0.25) is 4.79 Å². The summed E-state index contributed by atoms with van der Waals surface area (Å²) in [6.07, 6.45) is 1.18. The van der Waals surface area contributed by atoms with E-state index >= 15 is 0 Å². The number of anilines is 1. The molecule has 20 heavy (non-hydrogen) atoms. The highest BCUT2D eigenvalue weighted by atomic mass is 16.5. The Balaban J connectivity index is 2.41. The lowest BCUT2D eigenvalue weighted by Crippen LogP contribution is -2.42. The molecule has 0 aliphatic rings. The summed E-state index contributed by atoms with van der Waals surface area (Å²) in [4.78, 5) is 12.0. The highest BCUT2D eigenvalue weighted by Gasteiger charge is 2.16. The summed E-state index contributed by atoms with van der Waals surface area (Å²) in [6.45, 7) is 7.36. The summed E-state index contributed by atoms with van der Waals surface area (Å²) in [5, 5.41) is 3.04. The molecule has 0 heterocycles. The van der Waals surface area contributed by atoms with Gasteiger partial charge in [-0.1, -0.05) is 26.0 Å². The van der Waals surface area contributed by atoms with Crippen LogP contribution in [0.2, 0.25) is 0 Å². The van der Waals surface area contributed by atoms with Gasteiger partial charge in [-0.25, -0.2) is 0 Å². The van der Waals surface area contributed by atoms with Crippen molar-refractivity contribution in [1.82, 2.24) is 5.32 Å². The molecule has 0 bridgehead atoms. The number of nitrogen functional groups attached to an aromatic ring is 1. The van der Waals surface area contributed by atoms with Crippen LogP contribution in [-0.2, 0) is 16.0 Å². The number of carbonyl (C=O) groups is 1. The van der Waals surface area contributed by atoms with Crippen LogP contribution in [-0.4, -0.2) is 25.2 Å². The minimum Gasteiger partial charge on any atom is -0.399 e. The Morgan fingerprint density at radius 3 is 2.75 bits per heavy atom. The lowest BCUT2D eigenvalue weighted by Gasteiger charge is -2.22. The van der Waals surface area contributed by atoms with Gasteiger partial charge in [-0.2, -0.15) is 0 Å². The van der Waals surface area contributed by atoms with Gasteiger partial charge in [0.25, 0.3) is 0 Å². The van der Waals surface area contributed by atoms with Gasteiger partial charge < -0.3 is 15.8 Å². The number of hydrogen-bond acceptors (Lipinski definition) is 3. The fraction of sp³-hybridized carbons (Fsp3) is 0.562. The van der Waals surface area contributed by atoms with Gasteiger partial charge in [-0.15, -0.1) is 0 Å². The predicted molar refractivity (Wildman–Crippen MR) is 82.4 cm³/mol. The van der Waals surface area contributed by atoms with Crippen molar-refractivity contribution in [3.05, 3.63) is 29.8 Å². The van der Waals surface area contributed by atoms with E-state index in [2.05, 4.69) is 19.2 Å². The molecule has 4 nitrogen and oxygen atoms in total. The molecule has 1 unspecified atom stereocenters. The Labute approximate surface area is 121 Å². The molecule has 0 aromatic heterocycles. The second-order valence-corrected chi connectivity index (χ2v) is 5.32. The molecule has 1 atom stereocenters. The Kier molecular flexibility index (Phi) is 7.09. The van der Waals surface area contributed by atoms with Crippen molar-refractivity contribution in [1.29, 1.82) is 0 Å². The van der Waals surface area contributed by atoms with Crippen LogP contribution in [0.15, 0.2) is 24.3 Å². The Morgan fingerprint density at radius 1 is 1.40 bits per heavy atom. The molecule has 1 rings (SSSR count). The molecule has 112 valence electrons. The van der Waals surface area contributed by atoms with Gasteiger partial charge in [0.05, 0.1) is 12.6 Å². The fourth-order valence-electron chi connectivity index (χ4n) is 1.93. The number of carbonyl (C=O) groups excluding carboxylic acids is 1. The molecule has 3 N–H and O–H groups in total. The number of amides is 1. The van der Waals surface area contributed by atoms with Crippen molar-refractivity contribution in [3.63, 3.8) is 0 Å². The van der Waals surface area contributed by atoms with Crippen LogP contribution in [0, 0.1) is 5.92 Å². The monoisotopic (exact) mass is 278 g/mol. The summed E-state index contributed by atoms with van der Waals surface area (Å²) in [7, 11) is 0. The van der Waals surface area contributed by atoms with E-state index in [1.54, 1.807) is 0 Å². The number of hydrogen-bond donors (Lipinski definition) is 2. The lowest BCUT2D eigenvalue weighted by molar-refractivity contribution is -0.122. The van der Waals surface area contributed by atoms with E-state index in [0.717, 1.165) is 11.3 Å². The Bertz CT molecular complexity index is 419. The first-order chi connectivity index (χ1) is 9.52. The second kappa shape index (κ2) is 8.59. The lowest BCUT2D eigenvalue weighted by atomic mass is 10.0. The third-order valence-corrected chi connectivity index (χ3v) is 3.24. The number of ether oxygens (including phenoxy) is 1. The topological polar surface area (TPSA) is 64.3 Å². The van der Waals surface area contributed by atoms with Gasteiger partial charge in [0.15, 0.2) is 0 Å². The zero-order valence-electron chi connectivity index (χ0n) is 12.7. The summed E-state index contributed by atoms with van der Waals surface area (Å²) < 4.78 is 5.41. The number of nitrogens with two attached hydrogens (primary N) is 1. The number of nitrogens with one attached hydrogen (secondary N) is 1. The fourth-order valence-corrected chi connectivity index (χ4v) is 1.93. The highest BCUT2D eigenvalue weighted by molar-refractivity contribution is 5.76. The van der Waals surface area contributed by atoms with Gasteiger partial charge >= 0.3 is 0 Å². The van der Waals surface area contributed by atoms with E-state index in [0.29, 0.717) is 32.0 Å². The van der Waals surface area contributed by atoms with Crippen LogP contribution in [0.25, 0.3) is 0 Å². The molecule has 0 aliphatic carbocycles. The van der Waals surface area contributed by atoms with E-state index in [1.165, 1.54) is 0 Å². The Hall–Kier alpha value is -1.55. The SMILES string of the molecule is CCOCC(NC(=O)CCc1cccc(N)c1)C(C)C. The van der Waals surface area contributed by atoms with E-state index < -0.39 is 0 Å². The first-order valence-electron chi connectivity index (χ1n) is 7.24. The van der Waals surface area contributed by atoms with E-state index in [4.69, 9.17) is 10.5 Å². The van der Waals surface area contributed by atoms with Gasteiger partial charge in [0.2, 0.25) is 5.91 Å². The highest BCUT2D eigenvalue weighted by Crippen LogP contribution is 2.09. The zero-order chi connectivity index (χ0) is 15.0. The van der Waals surface area contributed by atoms with Crippen molar-refractivity contribution in [2.45, 2.75) is 39.7 Å². The number of rotatable bonds is 8. The molecule has 0 fully saturated rings. The summed E-state index contributed by atoms with van der Waals surface area (Å²) in [5.74, 6) is 0.420. The largest absolute Gasteiger partial charge is 0.399 e. The van der Waals surface area contributed by atoms with E-state index in [-0.39, 0.29) is 11.9 Å². The molecule has 4 heteroatoms. The number of aryl methyl sites for hydroxylation is 1. The molecule has 0 saturated heterocycles. The zero-order valence-corrected chi connectivity index (χ0v) is 12.7. The maximum Gasteiger partial charge on any atom is 0.220 e. The van der Waals surface area contributed by atoms with Crippen LogP contribution in [0.4, 0.5) is 5.69 Å². The molecule has 1 aromatic carbocycles. The molecular formula is C16H26N2O2. The molecule has 0 saturated carbocycles. The minimum absolute atomic E-state index is 0.0610. The van der Waals surface area contributed by atoms with Crippen molar-refractivity contribution in [3.8, 4) is 0 Å². The normalized spacial score (nSPS) is 12.4. The van der Waals surface area contributed by atoms with Gasteiger partial charge in [0.1, 0.15) is 0 Å². The summed E-state index contributed by atoms with van der Waals surface area (Å²) in [6, 6.07) is 7.73. The first kappa shape index (κ1) is 16.5. The van der Waals surface area contributed by atoms with Crippen LogP contribution < -0.4 is 11.1 Å². The standard InChI is InChI=1S/C16H26N2O2/c1-4-20-11-15(12(2)3)18-16(19)9-8-13-6-5-7-14(17)10-13/h5-7,10,12,15H,4,8-9,11,17H2,1-3H3,(H,18,19). The van der Waals surface area contributed by atoms with Gasteiger partial charge in [-0.05, 0) is 37.0 Å². The maximum absolute atomic E-state index is 12.0. The van der Waals surface area contributed by atoms with Crippen molar-refractivity contribution in [2.75, 3.05) is 18.9 Å². The third kappa shape index (κ3) is 6.06. The van der Waals surface area contributed by atoms with Crippen molar-refractivity contribution >= 4 is 11.6 Å². The maximum atomic E-state index is 12.0. The Morgan fingerprint density at radius 2 is 2.15 bits per heavy atom. The van der Waals surface area contributed by atoms with Crippen LogP contribution in [0.3, 0.4) is 0 Å². The van der Waals surface area contributed by atoms with E-state index in [1.807, 2.05) is 31.2 Å². The first-order valence-corrected chi connectivity index (χ1v) is 7.24. The quantitative estimate of drug-likeness (QED) is 0.718. The molecule has 1 aromatic rings. The predicted octanol–water partition coefficient (Wildman–Crippen LogP) is 2.38. The van der Waals surface area contributed by atoms with Crippen molar-refractivity contribution < 1.29 is 9.53 Å². The minimum atomic E-state index is 0.0610. The van der Waals surface area contributed by atoms with Crippen LogP contribution in [0.1, 0.15) is 32.8 Å². The summed E-state index contributed by atoms with van der Waals surface area (Å²) >= 11 is 0. The van der Waals surface area contributed by atoms with Crippen LogP contribution in [0.5, 0.6) is 0 Å². The molecular weight excluding hydrogens is 252 g/mol. The summed E-state index contributed by atoms with van der Waals surface area (Å²) in [5.41, 5.74) is 7.55. The van der Waals surface area contributed by atoms with E-state index in [9.17, 15) is 4.79 Å². The number of benzene rings is 1. The third-order valence-electron chi connectivity index (χ3n) is 3.24. The molecule has 0 radical (unpaired) electrons. The van der Waals surface area contributed by atoms with Crippen molar-refractivity contribution in [2.24, 2.45) is 5.92 Å². The second-order valence-electron chi connectivity index (χ2n) is 5.32. The smallest absolute Gasteiger partial charge is 0.220 e. The van der Waals surface area contributed by atoms with Crippen LogP contribution >= 0.6 is 0 Å². The molecule has 0 aliphatic heterocycles. The van der Waals surface area contributed by atoms with Gasteiger partial charge in [0, 0.05) is 18.7 Å². The average molecular weight is 278 g/mol. The molecule has 0 spiro atoms.